The van der Waals surface area contributed by atoms with Gasteiger partial charge in [-0.2, -0.15) is 0 Å². The highest BCUT2D eigenvalue weighted by Crippen LogP contribution is 2.35. The molecule has 3 heteroatoms. The topological polar surface area (TPSA) is 40.7 Å². The van der Waals surface area contributed by atoms with Crippen LogP contribution in [0.3, 0.4) is 0 Å². The molecule has 0 radical (unpaired) electrons. The summed E-state index contributed by atoms with van der Waals surface area (Å²) < 4.78 is 0. The summed E-state index contributed by atoms with van der Waals surface area (Å²) in [6.07, 6.45) is 8.69. The van der Waals surface area contributed by atoms with Gasteiger partial charge in [-0.3, -0.25) is 0 Å². The second-order valence-electron chi connectivity index (χ2n) is 4.95. The summed E-state index contributed by atoms with van der Waals surface area (Å²) in [5.74, 6) is 2.84. The molecule has 1 fully saturated rings. The minimum absolute atomic E-state index is 0.674. The fourth-order valence-electron chi connectivity index (χ4n) is 2.71. The zero-order valence-corrected chi connectivity index (χ0v) is 10.4. The van der Waals surface area contributed by atoms with Crippen LogP contribution in [0.5, 0.6) is 0 Å². The molecule has 3 nitrogen and oxygen atoms in total. The summed E-state index contributed by atoms with van der Waals surface area (Å²) >= 11 is 0. The van der Waals surface area contributed by atoms with Crippen molar-refractivity contribution in [3.8, 4) is 0 Å². The van der Waals surface area contributed by atoms with Gasteiger partial charge in [-0.25, -0.2) is 4.98 Å². The number of nitrogens with one attached hydrogen (secondary N) is 2. The van der Waals surface area contributed by atoms with Gasteiger partial charge in [0.05, 0.1) is 0 Å². The Morgan fingerprint density at radius 1 is 1.38 bits per heavy atom. The molecule has 0 atom stereocenters. The number of hydrogen-bond acceptors (Lipinski definition) is 2. The van der Waals surface area contributed by atoms with E-state index >= 15 is 0 Å². The highest BCUT2D eigenvalue weighted by atomic mass is 15.0. The summed E-state index contributed by atoms with van der Waals surface area (Å²) in [6.45, 7) is 3.19. The van der Waals surface area contributed by atoms with E-state index in [1.165, 1.54) is 43.6 Å². The Hall–Kier alpha value is -0.830. The molecule has 0 aromatic carbocycles. The van der Waals surface area contributed by atoms with E-state index in [0.29, 0.717) is 5.92 Å². The van der Waals surface area contributed by atoms with Crippen molar-refractivity contribution in [2.24, 2.45) is 5.92 Å². The molecule has 1 saturated carbocycles. The Morgan fingerprint density at radius 2 is 2.12 bits per heavy atom. The number of nitrogens with zero attached hydrogens (tertiary/aromatic N) is 1. The fraction of sp³-hybridized carbons (Fsp3) is 0.769. The summed E-state index contributed by atoms with van der Waals surface area (Å²) in [4.78, 5) is 7.96. The Bertz CT molecular complexity index is 311. The molecule has 0 aliphatic heterocycles. The number of aromatic nitrogens is 2. The quantitative estimate of drug-likeness (QED) is 0.821. The van der Waals surface area contributed by atoms with E-state index in [4.69, 9.17) is 0 Å². The molecular weight excluding hydrogens is 198 g/mol. The molecule has 1 heterocycles. The SMILES string of the molecule is CCC1CCC(c2ncc(CNC)[nH]2)CC1. The summed E-state index contributed by atoms with van der Waals surface area (Å²) in [7, 11) is 1.97. The normalized spacial score (nSPS) is 25.9. The molecule has 1 aromatic heterocycles. The first-order valence-corrected chi connectivity index (χ1v) is 6.51. The lowest BCUT2D eigenvalue weighted by Gasteiger charge is -2.26. The number of imidazole rings is 1. The van der Waals surface area contributed by atoms with Crippen LogP contribution in [0.15, 0.2) is 6.20 Å². The van der Waals surface area contributed by atoms with Crippen molar-refractivity contribution in [2.45, 2.75) is 51.5 Å². The van der Waals surface area contributed by atoms with Crippen LogP contribution < -0.4 is 5.32 Å². The molecule has 0 amide bonds. The van der Waals surface area contributed by atoms with Crippen molar-refractivity contribution in [1.82, 2.24) is 15.3 Å². The standard InChI is InChI=1S/C13H23N3/c1-3-10-4-6-11(7-5-10)13-15-9-12(16-13)8-14-2/h9-11,14H,3-8H2,1-2H3,(H,15,16). The van der Waals surface area contributed by atoms with E-state index in [0.717, 1.165) is 12.5 Å². The van der Waals surface area contributed by atoms with Gasteiger partial charge in [-0.05, 0) is 38.6 Å². The Labute approximate surface area is 98.1 Å². The van der Waals surface area contributed by atoms with Crippen LogP contribution in [0.1, 0.15) is 56.5 Å². The average molecular weight is 221 g/mol. The van der Waals surface area contributed by atoms with E-state index in [-0.39, 0.29) is 0 Å². The predicted molar refractivity (Wildman–Crippen MR) is 66.3 cm³/mol. The molecule has 0 unspecified atom stereocenters. The van der Waals surface area contributed by atoms with Crippen molar-refractivity contribution in [3.05, 3.63) is 17.7 Å². The zero-order chi connectivity index (χ0) is 11.4. The number of rotatable bonds is 4. The fourth-order valence-corrected chi connectivity index (χ4v) is 2.71. The molecule has 16 heavy (non-hydrogen) atoms. The van der Waals surface area contributed by atoms with Crippen LogP contribution >= 0.6 is 0 Å². The van der Waals surface area contributed by atoms with Gasteiger partial charge < -0.3 is 10.3 Å². The van der Waals surface area contributed by atoms with Gasteiger partial charge in [0.1, 0.15) is 5.82 Å². The van der Waals surface area contributed by atoms with Gasteiger partial charge in [0.15, 0.2) is 0 Å². The molecule has 0 spiro atoms. The number of H-pyrrole nitrogens is 1. The second-order valence-corrected chi connectivity index (χ2v) is 4.95. The summed E-state index contributed by atoms with van der Waals surface area (Å²) in [5, 5.41) is 3.15. The smallest absolute Gasteiger partial charge is 0.109 e. The minimum Gasteiger partial charge on any atom is -0.345 e. The lowest BCUT2D eigenvalue weighted by molar-refractivity contribution is 0.313. The Balaban J connectivity index is 1.92. The third-order valence-corrected chi connectivity index (χ3v) is 3.83. The third-order valence-electron chi connectivity index (χ3n) is 3.83. The van der Waals surface area contributed by atoms with Crippen LogP contribution in [-0.2, 0) is 6.54 Å². The van der Waals surface area contributed by atoms with E-state index in [1.807, 2.05) is 13.2 Å². The first-order chi connectivity index (χ1) is 7.83. The molecule has 1 aliphatic rings. The minimum atomic E-state index is 0.674. The van der Waals surface area contributed by atoms with Gasteiger partial charge in [0.2, 0.25) is 0 Å². The van der Waals surface area contributed by atoms with Crippen LogP contribution in [0, 0.1) is 5.92 Å². The van der Waals surface area contributed by atoms with E-state index < -0.39 is 0 Å². The van der Waals surface area contributed by atoms with Crippen LogP contribution in [-0.4, -0.2) is 17.0 Å². The number of aromatic amines is 1. The molecular formula is C13H23N3. The van der Waals surface area contributed by atoms with Crippen molar-refractivity contribution >= 4 is 0 Å². The molecule has 0 bridgehead atoms. The van der Waals surface area contributed by atoms with Crippen molar-refractivity contribution in [3.63, 3.8) is 0 Å². The maximum absolute atomic E-state index is 4.51. The predicted octanol–water partition coefficient (Wildman–Crippen LogP) is 2.81. The monoisotopic (exact) mass is 221 g/mol. The first-order valence-electron chi connectivity index (χ1n) is 6.51. The lowest BCUT2D eigenvalue weighted by Crippen LogP contribution is -2.13. The molecule has 2 rings (SSSR count). The summed E-state index contributed by atoms with van der Waals surface area (Å²) in [6, 6.07) is 0. The Kier molecular flexibility index (Phi) is 3.99. The van der Waals surface area contributed by atoms with Gasteiger partial charge in [-0.1, -0.05) is 13.3 Å². The van der Waals surface area contributed by atoms with Crippen molar-refractivity contribution in [2.75, 3.05) is 7.05 Å². The van der Waals surface area contributed by atoms with E-state index in [2.05, 4.69) is 22.2 Å². The molecule has 1 aliphatic carbocycles. The van der Waals surface area contributed by atoms with Crippen LogP contribution in [0.4, 0.5) is 0 Å². The largest absolute Gasteiger partial charge is 0.345 e. The Morgan fingerprint density at radius 3 is 2.75 bits per heavy atom. The second kappa shape index (κ2) is 5.48. The zero-order valence-electron chi connectivity index (χ0n) is 10.4. The van der Waals surface area contributed by atoms with E-state index in [9.17, 15) is 0 Å². The number of hydrogen-bond donors (Lipinski definition) is 2. The third kappa shape index (κ3) is 2.64. The first kappa shape index (κ1) is 11.6. The van der Waals surface area contributed by atoms with Crippen molar-refractivity contribution in [1.29, 1.82) is 0 Å². The van der Waals surface area contributed by atoms with E-state index in [1.54, 1.807) is 0 Å². The van der Waals surface area contributed by atoms with Crippen molar-refractivity contribution < 1.29 is 0 Å². The van der Waals surface area contributed by atoms with Gasteiger partial charge >= 0.3 is 0 Å². The van der Waals surface area contributed by atoms with Crippen LogP contribution in [0.25, 0.3) is 0 Å². The average Bonchev–Trinajstić information content (AvgIpc) is 2.78. The molecule has 0 saturated heterocycles. The highest BCUT2D eigenvalue weighted by Gasteiger charge is 2.23. The van der Waals surface area contributed by atoms with Gasteiger partial charge in [0, 0.05) is 24.4 Å². The maximum atomic E-state index is 4.51. The highest BCUT2D eigenvalue weighted by molar-refractivity contribution is 5.06. The maximum Gasteiger partial charge on any atom is 0.109 e. The molecule has 2 N–H and O–H groups in total. The molecule has 90 valence electrons. The van der Waals surface area contributed by atoms with Gasteiger partial charge in [-0.15, -0.1) is 0 Å². The summed E-state index contributed by atoms with van der Waals surface area (Å²) in [5.41, 5.74) is 1.20. The van der Waals surface area contributed by atoms with Crippen LogP contribution in [0.2, 0.25) is 0 Å². The lowest BCUT2D eigenvalue weighted by atomic mass is 9.80. The van der Waals surface area contributed by atoms with Gasteiger partial charge in [0.25, 0.3) is 0 Å². The molecule has 1 aromatic rings.